The van der Waals surface area contributed by atoms with E-state index < -0.39 is 0 Å². The number of hydrogen-bond donors (Lipinski definition) is 2. The molecule has 0 heterocycles. The van der Waals surface area contributed by atoms with E-state index in [-0.39, 0.29) is 24.3 Å². The number of aryl methyl sites for hydroxylation is 2. The molecule has 0 saturated carbocycles. The van der Waals surface area contributed by atoms with Gasteiger partial charge in [-0.3, -0.25) is 9.59 Å². The first-order chi connectivity index (χ1) is 17.7. The fourth-order valence-electron chi connectivity index (χ4n) is 4.17. The summed E-state index contributed by atoms with van der Waals surface area (Å²) in [6.07, 6.45) is 0. The minimum atomic E-state index is -0.269. The topological polar surface area (TPSA) is 70.7 Å². The Morgan fingerprint density at radius 3 is 2.24 bits per heavy atom. The van der Waals surface area contributed by atoms with Crippen LogP contribution in [0.2, 0.25) is 0 Å². The van der Waals surface area contributed by atoms with E-state index in [1.54, 1.807) is 17.0 Å². The van der Waals surface area contributed by atoms with Crippen LogP contribution >= 0.6 is 0 Å². The first-order valence-corrected chi connectivity index (χ1v) is 13.0. The van der Waals surface area contributed by atoms with Gasteiger partial charge in [0.1, 0.15) is 5.75 Å². The summed E-state index contributed by atoms with van der Waals surface area (Å²) in [6, 6.07) is 19.8. The standard InChI is InChI=1S/C31H39N3O3/c1-7-34(8-2)31(36)25-15-14-22(5)28(17-25)33-30(35)20-37-29-16-23(6)27(18-26(29)21(3)4)32-19-24-12-10-9-11-13-24/h9-18,21,32H,7-8,19-20H2,1-6H3,(H,33,35). The summed E-state index contributed by atoms with van der Waals surface area (Å²) in [5, 5.41) is 6.44. The number of hydrogen-bond acceptors (Lipinski definition) is 4. The summed E-state index contributed by atoms with van der Waals surface area (Å²) < 4.78 is 6.01. The quantitative estimate of drug-likeness (QED) is 0.313. The van der Waals surface area contributed by atoms with E-state index >= 15 is 0 Å². The highest BCUT2D eigenvalue weighted by Crippen LogP contribution is 2.32. The summed E-state index contributed by atoms with van der Waals surface area (Å²) in [5.41, 5.74) is 6.41. The molecule has 0 aliphatic carbocycles. The maximum atomic E-state index is 12.8. The van der Waals surface area contributed by atoms with Crippen LogP contribution in [0, 0.1) is 13.8 Å². The predicted octanol–water partition coefficient (Wildman–Crippen LogP) is 6.54. The highest BCUT2D eigenvalue weighted by molar-refractivity contribution is 5.98. The summed E-state index contributed by atoms with van der Waals surface area (Å²) >= 11 is 0. The lowest BCUT2D eigenvalue weighted by Gasteiger charge is -2.20. The number of nitrogens with zero attached hydrogens (tertiary/aromatic N) is 1. The van der Waals surface area contributed by atoms with Gasteiger partial charge in [0.25, 0.3) is 11.8 Å². The first-order valence-electron chi connectivity index (χ1n) is 13.0. The van der Waals surface area contributed by atoms with Gasteiger partial charge >= 0.3 is 0 Å². The van der Waals surface area contributed by atoms with Crippen LogP contribution in [-0.2, 0) is 11.3 Å². The Balaban J connectivity index is 1.69. The summed E-state index contributed by atoms with van der Waals surface area (Å²) in [4.78, 5) is 27.3. The molecular weight excluding hydrogens is 462 g/mol. The third-order valence-corrected chi connectivity index (χ3v) is 6.47. The molecule has 0 radical (unpaired) electrons. The minimum absolute atomic E-state index is 0.0465. The van der Waals surface area contributed by atoms with Gasteiger partial charge in [0.05, 0.1) is 0 Å². The SMILES string of the molecule is CCN(CC)C(=O)c1ccc(C)c(NC(=O)COc2cc(C)c(NCc3ccccc3)cc2C(C)C)c1. The fraction of sp³-hybridized carbons (Fsp3) is 0.355. The van der Waals surface area contributed by atoms with Crippen LogP contribution < -0.4 is 15.4 Å². The molecule has 0 saturated heterocycles. The molecule has 6 heteroatoms. The van der Waals surface area contributed by atoms with Crippen LogP contribution in [0.3, 0.4) is 0 Å². The Labute approximate surface area is 221 Å². The number of ether oxygens (including phenoxy) is 1. The molecule has 0 aliphatic rings. The van der Waals surface area contributed by atoms with Gasteiger partial charge in [0.2, 0.25) is 0 Å². The molecule has 37 heavy (non-hydrogen) atoms. The maximum Gasteiger partial charge on any atom is 0.262 e. The molecule has 2 N–H and O–H groups in total. The number of carbonyl (C=O) groups excluding carboxylic acids is 2. The van der Waals surface area contributed by atoms with Crippen molar-refractivity contribution in [3.05, 3.63) is 88.5 Å². The zero-order valence-corrected chi connectivity index (χ0v) is 22.9. The normalized spacial score (nSPS) is 10.8. The second-order valence-corrected chi connectivity index (χ2v) is 9.54. The molecule has 0 aliphatic heterocycles. The molecule has 0 aromatic heterocycles. The smallest absolute Gasteiger partial charge is 0.262 e. The van der Waals surface area contributed by atoms with Gasteiger partial charge in [0, 0.05) is 36.6 Å². The molecule has 0 spiro atoms. The van der Waals surface area contributed by atoms with Gasteiger partial charge in [-0.25, -0.2) is 0 Å². The second kappa shape index (κ2) is 12.9. The zero-order chi connectivity index (χ0) is 26.9. The number of benzene rings is 3. The van der Waals surface area contributed by atoms with E-state index in [1.165, 1.54) is 5.56 Å². The lowest BCUT2D eigenvalue weighted by Crippen LogP contribution is -2.30. The molecule has 0 bridgehead atoms. The first kappa shape index (κ1) is 27.8. The molecule has 3 rings (SSSR count). The van der Waals surface area contributed by atoms with Crippen molar-refractivity contribution < 1.29 is 14.3 Å². The Hall–Kier alpha value is -3.80. The average molecular weight is 502 g/mol. The number of rotatable bonds is 11. The fourth-order valence-corrected chi connectivity index (χ4v) is 4.17. The van der Waals surface area contributed by atoms with Crippen molar-refractivity contribution in [3.8, 4) is 5.75 Å². The summed E-state index contributed by atoms with van der Waals surface area (Å²) in [7, 11) is 0. The molecule has 0 atom stereocenters. The predicted molar refractivity (Wildman–Crippen MR) is 152 cm³/mol. The molecule has 3 aromatic carbocycles. The largest absolute Gasteiger partial charge is 0.483 e. The van der Waals surface area contributed by atoms with Gasteiger partial charge in [-0.15, -0.1) is 0 Å². The van der Waals surface area contributed by atoms with Gasteiger partial charge < -0.3 is 20.3 Å². The summed E-state index contributed by atoms with van der Waals surface area (Å²) in [6.45, 7) is 14.0. The van der Waals surface area contributed by atoms with Crippen LogP contribution in [-0.4, -0.2) is 36.4 Å². The van der Waals surface area contributed by atoms with Gasteiger partial charge in [-0.1, -0.05) is 50.2 Å². The highest BCUT2D eigenvalue weighted by Gasteiger charge is 2.16. The van der Waals surface area contributed by atoms with E-state index in [4.69, 9.17) is 4.74 Å². The van der Waals surface area contributed by atoms with Crippen LogP contribution in [0.1, 0.15) is 66.2 Å². The van der Waals surface area contributed by atoms with Crippen molar-refractivity contribution in [2.75, 3.05) is 30.3 Å². The Morgan fingerprint density at radius 1 is 0.892 bits per heavy atom. The van der Waals surface area contributed by atoms with E-state index in [0.717, 1.165) is 28.9 Å². The van der Waals surface area contributed by atoms with Crippen LogP contribution in [0.15, 0.2) is 60.7 Å². The Bertz CT molecular complexity index is 1220. The van der Waals surface area contributed by atoms with Gasteiger partial charge in [0.15, 0.2) is 6.61 Å². The highest BCUT2D eigenvalue weighted by atomic mass is 16.5. The number of nitrogens with one attached hydrogen (secondary N) is 2. The lowest BCUT2D eigenvalue weighted by atomic mass is 9.99. The van der Waals surface area contributed by atoms with Gasteiger partial charge in [-0.2, -0.15) is 0 Å². The number of amides is 2. The lowest BCUT2D eigenvalue weighted by molar-refractivity contribution is -0.118. The van der Waals surface area contributed by atoms with Crippen molar-refractivity contribution in [1.29, 1.82) is 0 Å². The summed E-state index contributed by atoms with van der Waals surface area (Å²) in [5.74, 6) is 0.611. The average Bonchev–Trinajstić information content (AvgIpc) is 2.89. The van der Waals surface area contributed by atoms with Crippen LogP contribution in [0.4, 0.5) is 11.4 Å². The number of anilines is 2. The number of carbonyl (C=O) groups is 2. The van der Waals surface area contributed by atoms with Crippen molar-refractivity contribution in [1.82, 2.24) is 4.90 Å². The van der Waals surface area contributed by atoms with Crippen LogP contribution in [0.5, 0.6) is 5.75 Å². The van der Waals surface area contributed by atoms with Gasteiger partial charge in [-0.05, 0) is 80.1 Å². The third-order valence-electron chi connectivity index (χ3n) is 6.47. The van der Waals surface area contributed by atoms with E-state index in [0.29, 0.717) is 30.1 Å². The van der Waals surface area contributed by atoms with Crippen molar-refractivity contribution in [2.24, 2.45) is 0 Å². The molecule has 0 fully saturated rings. The molecule has 0 unspecified atom stereocenters. The minimum Gasteiger partial charge on any atom is -0.483 e. The molecule has 3 aromatic rings. The monoisotopic (exact) mass is 501 g/mol. The molecule has 2 amide bonds. The van der Waals surface area contributed by atoms with E-state index in [1.807, 2.05) is 58.0 Å². The third kappa shape index (κ3) is 7.35. The molecule has 196 valence electrons. The maximum absolute atomic E-state index is 12.8. The van der Waals surface area contributed by atoms with Crippen LogP contribution in [0.25, 0.3) is 0 Å². The molecular formula is C31H39N3O3. The zero-order valence-electron chi connectivity index (χ0n) is 22.9. The van der Waals surface area contributed by atoms with Crippen molar-refractivity contribution >= 4 is 23.2 Å². The second-order valence-electron chi connectivity index (χ2n) is 9.54. The van der Waals surface area contributed by atoms with Crippen molar-refractivity contribution in [2.45, 2.75) is 54.0 Å². The van der Waals surface area contributed by atoms with E-state index in [2.05, 4.69) is 42.7 Å². The van der Waals surface area contributed by atoms with Crippen molar-refractivity contribution in [3.63, 3.8) is 0 Å². The Kier molecular flexibility index (Phi) is 9.72. The molecule has 6 nitrogen and oxygen atoms in total. The van der Waals surface area contributed by atoms with E-state index in [9.17, 15) is 9.59 Å². The Morgan fingerprint density at radius 2 is 1.59 bits per heavy atom.